The van der Waals surface area contributed by atoms with Gasteiger partial charge in [-0.15, -0.1) is 0 Å². The second kappa shape index (κ2) is 6.18. The van der Waals surface area contributed by atoms with Crippen molar-refractivity contribution in [1.29, 1.82) is 0 Å². The van der Waals surface area contributed by atoms with Crippen LogP contribution in [0.1, 0.15) is 37.6 Å². The Kier molecular flexibility index (Phi) is 4.55. The Morgan fingerprint density at radius 1 is 1.30 bits per heavy atom. The van der Waals surface area contributed by atoms with Crippen LogP contribution in [0.5, 0.6) is 0 Å². The number of hydrogen-bond acceptors (Lipinski definition) is 3. The van der Waals surface area contributed by atoms with Crippen LogP contribution in [0.2, 0.25) is 0 Å². The van der Waals surface area contributed by atoms with E-state index in [0.717, 1.165) is 19.5 Å². The molecule has 0 spiro atoms. The highest BCUT2D eigenvalue weighted by atomic mass is 15.3. The lowest BCUT2D eigenvalue weighted by atomic mass is 9.89. The van der Waals surface area contributed by atoms with Gasteiger partial charge in [0, 0.05) is 43.2 Å². The first-order valence-corrected chi connectivity index (χ1v) is 7.09. The molecule has 4 nitrogen and oxygen atoms in total. The lowest BCUT2D eigenvalue weighted by Crippen LogP contribution is -2.20. The van der Waals surface area contributed by atoms with Gasteiger partial charge in [-0.3, -0.25) is 9.67 Å². The molecule has 2 heterocycles. The van der Waals surface area contributed by atoms with E-state index in [0.29, 0.717) is 0 Å². The zero-order valence-electron chi connectivity index (χ0n) is 12.8. The van der Waals surface area contributed by atoms with Crippen molar-refractivity contribution in [1.82, 2.24) is 20.1 Å². The van der Waals surface area contributed by atoms with E-state index in [9.17, 15) is 0 Å². The summed E-state index contributed by atoms with van der Waals surface area (Å²) in [6.45, 7) is 8.42. The number of aryl methyl sites for hydroxylation is 1. The van der Waals surface area contributed by atoms with Gasteiger partial charge < -0.3 is 5.32 Å². The fraction of sp³-hybridized carbons (Fsp3) is 0.500. The van der Waals surface area contributed by atoms with Crippen LogP contribution >= 0.6 is 0 Å². The summed E-state index contributed by atoms with van der Waals surface area (Å²) < 4.78 is 1.90. The van der Waals surface area contributed by atoms with Gasteiger partial charge in [0.05, 0.1) is 5.69 Å². The summed E-state index contributed by atoms with van der Waals surface area (Å²) in [4.78, 5) is 4.13. The molecule has 0 atom stereocenters. The molecule has 4 heteroatoms. The summed E-state index contributed by atoms with van der Waals surface area (Å²) in [6.07, 6.45) is 6.84. The molecule has 108 valence electrons. The highest BCUT2D eigenvalue weighted by Gasteiger charge is 2.21. The van der Waals surface area contributed by atoms with Crippen molar-refractivity contribution in [2.75, 3.05) is 6.54 Å². The smallest absolute Gasteiger partial charge is 0.0722 e. The van der Waals surface area contributed by atoms with Crippen LogP contribution < -0.4 is 5.32 Å². The Morgan fingerprint density at radius 2 is 2.10 bits per heavy atom. The molecule has 0 fully saturated rings. The predicted octanol–water partition coefficient (Wildman–Crippen LogP) is 2.44. The van der Waals surface area contributed by atoms with Crippen molar-refractivity contribution in [3.63, 3.8) is 0 Å². The molecular formula is C16H24N4. The molecule has 2 aromatic heterocycles. The van der Waals surface area contributed by atoms with Gasteiger partial charge in [0.2, 0.25) is 0 Å². The Morgan fingerprint density at radius 3 is 2.75 bits per heavy atom. The Hall–Kier alpha value is -1.68. The number of nitrogens with zero attached hydrogens (tertiary/aromatic N) is 3. The van der Waals surface area contributed by atoms with Crippen LogP contribution in [-0.4, -0.2) is 21.3 Å². The number of rotatable bonds is 5. The van der Waals surface area contributed by atoms with E-state index < -0.39 is 0 Å². The van der Waals surface area contributed by atoms with Gasteiger partial charge in [-0.05, 0) is 24.6 Å². The largest absolute Gasteiger partial charge is 0.312 e. The minimum atomic E-state index is 0.0849. The standard InChI is InChI=1S/C16H24N4/c1-16(2,3)15-14(12-20(4)19-15)11-18-9-7-13-6-5-8-17-10-13/h5-6,8,10,12,18H,7,9,11H2,1-4H3. The van der Waals surface area contributed by atoms with Crippen molar-refractivity contribution < 1.29 is 0 Å². The van der Waals surface area contributed by atoms with E-state index in [2.05, 4.69) is 48.4 Å². The van der Waals surface area contributed by atoms with Crippen LogP contribution in [0.25, 0.3) is 0 Å². The van der Waals surface area contributed by atoms with E-state index in [1.54, 1.807) is 0 Å². The summed E-state index contributed by atoms with van der Waals surface area (Å²) in [6, 6.07) is 4.09. The van der Waals surface area contributed by atoms with Crippen molar-refractivity contribution in [3.05, 3.63) is 47.5 Å². The van der Waals surface area contributed by atoms with Crippen LogP contribution in [0, 0.1) is 0 Å². The van der Waals surface area contributed by atoms with Crippen molar-refractivity contribution >= 4 is 0 Å². The molecule has 2 aromatic rings. The average molecular weight is 272 g/mol. The molecule has 0 radical (unpaired) electrons. The maximum Gasteiger partial charge on any atom is 0.0722 e. The quantitative estimate of drug-likeness (QED) is 0.850. The molecule has 0 bridgehead atoms. The monoisotopic (exact) mass is 272 g/mol. The molecular weight excluding hydrogens is 248 g/mol. The Bertz CT molecular complexity index is 537. The minimum Gasteiger partial charge on any atom is -0.312 e. The normalized spacial score (nSPS) is 11.8. The highest BCUT2D eigenvalue weighted by molar-refractivity contribution is 5.23. The van der Waals surface area contributed by atoms with E-state index in [1.165, 1.54) is 16.8 Å². The van der Waals surface area contributed by atoms with Gasteiger partial charge in [-0.1, -0.05) is 26.8 Å². The second-order valence-electron chi connectivity index (χ2n) is 6.21. The number of aromatic nitrogens is 3. The maximum absolute atomic E-state index is 4.59. The number of pyridine rings is 1. The summed E-state index contributed by atoms with van der Waals surface area (Å²) in [5.41, 5.74) is 3.81. The third kappa shape index (κ3) is 3.90. The van der Waals surface area contributed by atoms with Crippen molar-refractivity contribution in [2.45, 2.75) is 39.2 Å². The van der Waals surface area contributed by atoms with Crippen LogP contribution in [0.4, 0.5) is 0 Å². The van der Waals surface area contributed by atoms with Crippen molar-refractivity contribution in [2.24, 2.45) is 7.05 Å². The van der Waals surface area contributed by atoms with Gasteiger partial charge in [0.1, 0.15) is 0 Å². The zero-order valence-corrected chi connectivity index (χ0v) is 12.8. The third-order valence-corrected chi connectivity index (χ3v) is 3.24. The molecule has 0 aromatic carbocycles. The van der Waals surface area contributed by atoms with E-state index >= 15 is 0 Å². The van der Waals surface area contributed by atoms with E-state index in [4.69, 9.17) is 0 Å². The zero-order chi connectivity index (χ0) is 14.6. The number of nitrogens with one attached hydrogen (secondary N) is 1. The van der Waals surface area contributed by atoms with Crippen LogP contribution in [0.3, 0.4) is 0 Å². The summed E-state index contributed by atoms with van der Waals surface area (Å²) in [7, 11) is 1.98. The fourth-order valence-corrected chi connectivity index (χ4v) is 2.30. The SMILES string of the molecule is Cn1cc(CNCCc2cccnc2)c(C(C)(C)C)n1. The maximum atomic E-state index is 4.59. The lowest BCUT2D eigenvalue weighted by Gasteiger charge is -2.17. The first kappa shape index (κ1) is 14.7. The van der Waals surface area contributed by atoms with Crippen LogP contribution in [-0.2, 0) is 25.4 Å². The molecule has 0 aliphatic heterocycles. The lowest BCUT2D eigenvalue weighted by molar-refractivity contribution is 0.543. The Labute approximate surface area is 121 Å². The first-order valence-electron chi connectivity index (χ1n) is 7.09. The van der Waals surface area contributed by atoms with Gasteiger partial charge >= 0.3 is 0 Å². The Balaban J connectivity index is 1.88. The minimum absolute atomic E-state index is 0.0849. The molecule has 0 aliphatic rings. The summed E-state index contributed by atoms with van der Waals surface area (Å²) in [5, 5.41) is 8.08. The third-order valence-electron chi connectivity index (χ3n) is 3.24. The predicted molar refractivity (Wildman–Crippen MR) is 81.6 cm³/mol. The molecule has 0 unspecified atom stereocenters. The second-order valence-corrected chi connectivity index (χ2v) is 6.21. The van der Waals surface area contributed by atoms with Crippen LogP contribution in [0.15, 0.2) is 30.7 Å². The first-order chi connectivity index (χ1) is 9.47. The molecule has 2 rings (SSSR count). The molecule has 0 saturated heterocycles. The van der Waals surface area contributed by atoms with E-state index in [1.807, 2.05) is 30.2 Å². The molecule has 0 saturated carbocycles. The topological polar surface area (TPSA) is 42.7 Å². The molecule has 20 heavy (non-hydrogen) atoms. The number of hydrogen-bond donors (Lipinski definition) is 1. The highest BCUT2D eigenvalue weighted by Crippen LogP contribution is 2.23. The van der Waals surface area contributed by atoms with Gasteiger partial charge in [-0.2, -0.15) is 5.10 Å². The van der Waals surface area contributed by atoms with Gasteiger partial charge in [0.15, 0.2) is 0 Å². The average Bonchev–Trinajstić information content (AvgIpc) is 2.77. The van der Waals surface area contributed by atoms with Gasteiger partial charge in [0.25, 0.3) is 0 Å². The fourth-order valence-electron chi connectivity index (χ4n) is 2.30. The molecule has 1 N–H and O–H groups in total. The molecule has 0 amide bonds. The van der Waals surface area contributed by atoms with E-state index in [-0.39, 0.29) is 5.41 Å². The van der Waals surface area contributed by atoms with Gasteiger partial charge in [-0.25, -0.2) is 0 Å². The van der Waals surface area contributed by atoms with Crippen molar-refractivity contribution in [3.8, 4) is 0 Å². The summed E-state index contributed by atoms with van der Waals surface area (Å²) >= 11 is 0. The molecule has 0 aliphatic carbocycles. The summed E-state index contributed by atoms with van der Waals surface area (Å²) in [5.74, 6) is 0.